The molecular weight excluding hydrogens is 409 g/mol. The fourth-order valence-corrected chi connectivity index (χ4v) is 4.04. The maximum Gasteiger partial charge on any atom is 0.219 e. The van der Waals surface area contributed by atoms with Crippen LogP contribution >= 0.6 is 0 Å². The van der Waals surface area contributed by atoms with Gasteiger partial charge in [0.1, 0.15) is 11.5 Å². The third-order valence-electron chi connectivity index (χ3n) is 5.55. The van der Waals surface area contributed by atoms with E-state index in [4.69, 9.17) is 4.42 Å². The standard InChI is InChI=1S/C25H20FN3O3/c1-15-5-2-6-16(22(15)18-8-3-9-21(30)23(18)26)13-19-24-28-20(14-17-7-4-12-32-17)25(31)29(24)11-10-27-19/h2-12,30-31H,13-14H2,1H3. The van der Waals surface area contributed by atoms with Gasteiger partial charge in [-0.1, -0.05) is 30.3 Å². The Labute approximate surface area is 183 Å². The molecule has 0 spiro atoms. The molecule has 5 aromatic rings. The second kappa shape index (κ2) is 7.85. The highest BCUT2D eigenvalue weighted by Gasteiger charge is 2.19. The quantitative estimate of drug-likeness (QED) is 0.409. The van der Waals surface area contributed by atoms with Crippen molar-refractivity contribution in [3.8, 4) is 22.8 Å². The van der Waals surface area contributed by atoms with E-state index in [-0.39, 0.29) is 5.88 Å². The molecule has 0 amide bonds. The predicted molar refractivity (Wildman–Crippen MR) is 117 cm³/mol. The minimum Gasteiger partial charge on any atom is -0.505 e. The summed E-state index contributed by atoms with van der Waals surface area (Å²) in [6.07, 6.45) is 5.55. The summed E-state index contributed by atoms with van der Waals surface area (Å²) in [6, 6.07) is 13.9. The first-order valence-corrected chi connectivity index (χ1v) is 10.2. The van der Waals surface area contributed by atoms with E-state index in [1.807, 2.05) is 31.2 Å². The number of aromatic hydroxyl groups is 2. The molecule has 0 aliphatic carbocycles. The number of aryl methyl sites for hydroxylation is 1. The Bertz CT molecular complexity index is 1420. The Morgan fingerprint density at radius 2 is 1.84 bits per heavy atom. The van der Waals surface area contributed by atoms with Crippen LogP contribution in [0.25, 0.3) is 16.8 Å². The minimum absolute atomic E-state index is 0.0311. The van der Waals surface area contributed by atoms with Crippen LogP contribution in [-0.4, -0.2) is 24.6 Å². The second-order valence-corrected chi connectivity index (χ2v) is 7.63. The molecule has 160 valence electrons. The molecule has 3 aromatic heterocycles. The predicted octanol–water partition coefficient (Wildman–Crippen LogP) is 5.03. The van der Waals surface area contributed by atoms with E-state index in [2.05, 4.69) is 9.97 Å². The molecule has 0 bridgehead atoms. The molecule has 3 heterocycles. The van der Waals surface area contributed by atoms with Gasteiger partial charge in [-0.2, -0.15) is 0 Å². The van der Waals surface area contributed by atoms with Crippen LogP contribution in [0.5, 0.6) is 11.6 Å². The van der Waals surface area contributed by atoms with Crippen molar-refractivity contribution < 1.29 is 19.0 Å². The topological polar surface area (TPSA) is 83.8 Å². The zero-order chi connectivity index (χ0) is 22.2. The van der Waals surface area contributed by atoms with Crippen LogP contribution in [0.3, 0.4) is 0 Å². The van der Waals surface area contributed by atoms with Crippen LogP contribution in [0.2, 0.25) is 0 Å². The largest absolute Gasteiger partial charge is 0.505 e. The van der Waals surface area contributed by atoms with E-state index >= 15 is 0 Å². The number of rotatable bonds is 5. The number of hydrogen-bond acceptors (Lipinski definition) is 5. The van der Waals surface area contributed by atoms with Crippen molar-refractivity contribution in [3.05, 3.63) is 101 Å². The van der Waals surface area contributed by atoms with Crippen LogP contribution in [0.4, 0.5) is 4.39 Å². The number of halogens is 1. The lowest BCUT2D eigenvalue weighted by molar-refractivity contribution is 0.433. The summed E-state index contributed by atoms with van der Waals surface area (Å²) in [4.78, 5) is 9.11. The van der Waals surface area contributed by atoms with E-state index in [9.17, 15) is 14.6 Å². The van der Waals surface area contributed by atoms with Crippen molar-refractivity contribution in [1.29, 1.82) is 0 Å². The molecule has 0 radical (unpaired) electrons. The smallest absolute Gasteiger partial charge is 0.219 e. The Kier molecular flexibility index (Phi) is 4.86. The monoisotopic (exact) mass is 429 g/mol. The van der Waals surface area contributed by atoms with Gasteiger partial charge in [-0.15, -0.1) is 0 Å². The first kappa shape index (κ1) is 19.8. The van der Waals surface area contributed by atoms with Crippen molar-refractivity contribution in [2.75, 3.05) is 0 Å². The maximum atomic E-state index is 14.8. The van der Waals surface area contributed by atoms with E-state index in [1.54, 1.807) is 41.3 Å². The highest BCUT2D eigenvalue weighted by molar-refractivity contribution is 5.73. The van der Waals surface area contributed by atoms with Crippen molar-refractivity contribution in [1.82, 2.24) is 14.4 Å². The number of benzene rings is 2. The molecule has 0 aliphatic heterocycles. The molecule has 0 fully saturated rings. The Morgan fingerprint density at radius 1 is 1.00 bits per heavy atom. The molecule has 2 aromatic carbocycles. The Balaban J connectivity index is 1.60. The molecule has 0 saturated carbocycles. The van der Waals surface area contributed by atoms with Crippen molar-refractivity contribution in [2.24, 2.45) is 0 Å². The summed E-state index contributed by atoms with van der Waals surface area (Å²) in [5.41, 5.74) is 4.40. The van der Waals surface area contributed by atoms with Crippen molar-refractivity contribution in [3.63, 3.8) is 0 Å². The first-order chi connectivity index (χ1) is 15.5. The highest BCUT2D eigenvalue weighted by Crippen LogP contribution is 2.34. The van der Waals surface area contributed by atoms with Crippen LogP contribution in [0.1, 0.15) is 28.3 Å². The molecule has 0 saturated heterocycles. The van der Waals surface area contributed by atoms with Gasteiger partial charge in [0, 0.05) is 24.4 Å². The van der Waals surface area contributed by atoms with E-state index in [0.29, 0.717) is 46.8 Å². The molecule has 0 aliphatic rings. The first-order valence-electron chi connectivity index (χ1n) is 10.2. The van der Waals surface area contributed by atoms with Crippen molar-refractivity contribution in [2.45, 2.75) is 19.8 Å². The number of nitrogens with zero attached hydrogens (tertiary/aromatic N) is 3. The number of fused-ring (bicyclic) bond motifs is 1. The molecular formula is C25H20FN3O3. The van der Waals surface area contributed by atoms with E-state index in [1.165, 1.54) is 6.07 Å². The van der Waals surface area contributed by atoms with Gasteiger partial charge in [0.2, 0.25) is 5.88 Å². The molecule has 7 heteroatoms. The maximum absolute atomic E-state index is 14.8. The number of furan rings is 1. The van der Waals surface area contributed by atoms with E-state index < -0.39 is 11.6 Å². The van der Waals surface area contributed by atoms with Gasteiger partial charge in [0.15, 0.2) is 17.2 Å². The lowest BCUT2D eigenvalue weighted by Gasteiger charge is -2.14. The third-order valence-corrected chi connectivity index (χ3v) is 5.55. The highest BCUT2D eigenvalue weighted by atomic mass is 19.1. The summed E-state index contributed by atoms with van der Waals surface area (Å²) >= 11 is 0. The van der Waals surface area contributed by atoms with Gasteiger partial charge in [-0.25, -0.2) is 9.37 Å². The number of phenolic OH excluding ortho intramolecular Hbond substituents is 1. The number of phenols is 1. The number of aromatic nitrogens is 3. The zero-order valence-electron chi connectivity index (χ0n) is 17.3. The fourth-order valence-electron chi connectivity index (χ4n) is 4.04. The molecule has 5 rings (SSSR count). The van der Waals surface area contributed by atoms with Crippen LogP contribution in [-0.2, 0) is 12.8 Å². The average molecular weight is 429 g/mol. The molecule has 6 nitrogen and oxygen atoms in total. The fraction of sp³-hybridized carbons (Fsp3) is 0.120. The second-order valence-electron chi connectivity index (χ2n) is 7.63. The normalized spacial score (nSPS) is 11.3. The van der Waals surface area contributed by atoms with Gasteiger partial charge < -0.3 is 14.6 Å². The summed E-state index contributed by atoms with van der Waals surface area (Å²) in [7, 11) is 0. The molecule has 0 unspecified atom stereocenters. The van der Waals surface area contributed by atoms with Gasteiger partial charge in [-0.05, 0) is 41.8 Å². The van der Waals surface area contributed by atoms with Crippen LogP contribution < -0.4 is 0 Å². The summed E-state index contributed by atoms with van der Waals surface area (Å²) in [5, 5.41) is 20.6. The van der Waals surface area contributed by atoms with Gasteiger partial charge >= 0.3 is 0 Å². The van der Waals surface area contributed by atoms with E-state index in [0.717, 1.165) is 11.1 Å². The van der Waals surface area contributed by atoms with Gasteiger partial charge in [-0.3, -0.25) is 9.38 Å². The molecule has 0 atom stereocenters. The summed E-state index contributed by atoms with van der Waals surface area (Å²) < 4.78 is 21.7. The number of hydrogen-bond donors (Lipinski definition) is 2. The minimum atomic E-state index is -0.659. The van der Waals surface area contributed by atoms with Gasteiger partial charge in [0.05, 0.1) is 18.4 Å². The lowest BCUT2D eigenvalue weighted by Crippen LogP contribution is -2.01. The van der Waals surface area contributed by atoms with Gasteiger partial charge in [0.25, 0.3) is 0 Å². The zero-order valence-corrected chi connectivity index (χ0v) is 17.3. The summed E-state index contributed by atoms with van der Waals surface area (Å²) in [6.45, 7) is 1.90. The Morgan fingerprint density at radius 3 is 2.66 bits per heavy atom. The van der Waals surface area contributed by atoms with Crippen LogP contribution in [0, 0.1) is 12.7 Å². The third kappa shape index (κ3) is 3.37. The average Bonchev–Trinajstić information content (AvgIpc) is 3.40. The summed E-state index contributed by atoms with van der Waals surface area (Å²) in [5.74, 6) is -0.326. The van der Waals surface area contributed by atoms with Crippen LogP contribution in [0.15, 0.2) is 71.6 Å². The van der Waals surface area contributed by atoms with Crippen molar-refractivity contribution >= 4 is 5.65 Å². The molecule has 32 heavy (non-hydrogen) atoms. The Hall–Kier alpha value is -4.13. The lowest BCUT2D eigenvalue weighted by atomic mass is 9.92. The SMILES string of the molecule is Cc1cccc(Cc2nccn3c(O)c(Cc4ccco4)nc23)c1-c1cccc(O)c1F. The molecule has 2 N–H and O–H groups in total. The number of imidazole rings is 1.